The summed E-state index contributed by atoms with van der Waals surface area (Å²) in [6.45, 7) is 0.781. The molecule has 1 unspecified atom stereocenters. The highest BCUT2D eigenvalue weighted by atomic mass is 79.9. The molecule has 0 bridgehead atoms. The van der Waals surface area contributed by atoms with Crippen molar-refractivity contribution >= 4 is 15.9 Å². The Morgan fingerprint density at radius 3 is 2.23 bits per heavy atom. The number of alkyl halides is 3. The van der Waals surface area contributed by atoms with Crippen molar-refractivity contribution in [3.63, 3.8) is 0 Å². The summed E-state index contributed by atoms with van der Waals surface area (Å²) in [6.07, 6.45) is -4.47. The van der Waals surface area contributed by atoms with Crippen LogP contribution in [0.2, 0.25) is 0 Å². The van der Waals surface area contributed by atoms with Crippen molar-refractivity contribution in [2.75, 3.05) is 19.6 Å². The summed E-state index contributed by atoms with van der Waals surface area (Å²) in [4.78, 5) is 1.95. The minimum atomic E-state index is -4.57. The van der Waals surface area contributed by atoms with Gasteiger partial charge in [0.1, 0.15) is 0 Å². The van der Waals surface area contributed by atoms with Gasteiger partial charge in [-0.3, -0.25) is 4.90 Å². The monoisotopic (exact) mass is 380 g/mol. The molecule has 0 spiro atoms. The lowest BCUT2D eigenvalue weighted by molar-refractivity contribution is -0.273. The van der Waals surface area contributed by atoms with Crippen molar-refractivity contribution in [1.82, 2.24) is 4.90 Å². The summed E-state index contributed by atoms with van der Waals surface area (Å²) < 4.78 is 39.4. The van der Waals surface area contributed by atoms with Gasteiger partial charge in [0.05, 0.1) is 0 Å². The van der Waals surface area contributed by atoms with E-state index in [1.54, 1.807) is 0 Å². The second-order valence-electron chi connectivity index (χ2n) is 5.79. The Hall–Kier alpha value is -0.630. The minimum absolute atomic E-state index is 0.0149. The first-order valence-electron chi connectivity index (χ1n) is 7.23. The summed E-state index contributed by atoms with van der Waals surface area (Å²) in [7, 11) is 0. The summed E-state index contributed by atoms with van der Waals surface area (Å²) in [5.41, 5.74) is 4.34. The molecule has 0 saturated carbocycles. The number of nitrogens with two attached hydrogens (primary N) is 1. The number of hydrogen-bond acceptors (Lipinski definition) is 3. The zero-order valence-electron chi connectivity index (χ0n) is 12.1. The molecule has 2 rings (SSSR count). The van der Waals surface area contributed by atoms with Gasteiger partial charge in [0, 0.05) is 30.1 Å². The van der Waals surface area contributed by atoms with Crippen LogP contribution in [0.3, 0.4) is 0 Å². The predicted molar refractivity (Wildman–Crippen MR) is 82.5 cm³/mol. The van der Waals surface area contributed by atoms with Gasteiger partial charge in [-0.15, -0.1) is 0 Å². The second-order valence-corrected chi connectivity index (χ2v) is 6.70. The van der Waals surface area contributed by atoms with E-state index < -0.39 is 11.8 Å². The number of halogens is 4. The molecule has 1 heterocycles. The average Bonchev–Trinajstić information content (AvgIpc) is 2.47. The molecule has 1 aliphatic heterocycles. The quantitative estimate of drug-likeness (QED) is 0.844. The molecule has 1 aliphatic rings. The van der Waals surface area contributed by atoms with Gasteiger partial charge in [0.25, 0.3) is 0 Å². The lowest BCUT2D eigenvalue weighted by Gasteiger charge is -2.42. The lowest BCUT2D eigenvalue weighted by atomic mass is 9.89. The molecule has 0 aliphatic carbocycles. The molecule has 3 N–H and O–H groups in total. The highest BCUT2D eigenvalue weighted by Crippen LogP contribution is 2.38. The summed E-state index contributed by atoms with van der Waals surface area (Å²) in [5.74, 6) is 0. The van der Waals surface area contributed by atoms with E-state index in [0.717, 1.165) is 10.0 Å². The number of benzene rings is 1. The van der Waals surface area contributed by atoms with E-state index in [9.17, 15) is 18.3 Å². The summed E-state index contributed by atoms with van der Waals surface area (Å²) in [6, 6.07) is 7.80. The molecule has 1 aromatic carbocycles. The number of likely N-dealkylation sites (tertiary alicyclic amines) is 1. The van der Waals surface area contributed by atoms with Crippen LogP contribution in [0.1, 0.15) is 18.4 Å². The zero-order chi connectivity index (χ0) is 16.4. The Bertz CT molecular complexity index is 485. The van der Waals surface area contributed by atoms with Crippen molar-refractivity contribution in [3.8, 4) is 0 Å². The summed E-state index contributed by atoms with van der Waals surface area (Å²) >= 11 is 3.37. The predicted octanol–water partition coefficient (Wildman–Crippen LogP) is 2.71. The van der Waals surface area contributed by atoms with Crippen molar-refractivity contribution in [3.05, 3.63) is 34.3 Å². The highest BCUT2D eigenvalue weighted by Gasteiger charge is 2.54. The SMILES string of the molecule is NCC(Cc1ccc(Br)cc1)N1CCC(O)(C(F)(F)F)CC1. The first-order valence-corrected chi connectivity index (χ1v) is 8.02. The fourth-order valence-electron chi connectivity index (χ4n) is 2.80. The van der Waals surface area contributed by atoms with Crippen molar-refractivity contribution in [2.45, 2.75) is 37.1 Å². The van der Waals surface area contributed by atoms with Crippen LogP contribution in [-0.4, -0.2) is 47.5 Å². The molecule has 7 heteroatoms. The molecular weight excluding hydrogens is 361 g/mol. The fraction of sp³-hybridized carbons (Fsp3) is 0.600. The molecule has 0 aromatic heterocycles. The van der Waals surface area contributed by atoms with Gasteiger partial charge < -0.3 is 10.8 Å². The van der Waals surface area contributed by atoms with Gasteiger partial charge in [-0.1, -0.05) is 28.1 Å². The molecule has 3 nitrogen and oxygen atoms in total. The van der Waals surface area contributed by atoms with Gasteiger partial charge in [0.2, 0.25) is 0 Å². The first-order chi connectivity index (χ1) is 10.2. The topological polar surface area (TPSA) is 49.5 Å². The smallest absolute Gasteiger partial charge is 0.380 e. The molecule has 1 saturated heterocycles. The Morgan fingerprint density at radius 2 is 1.77 bits per heavy atom. The molecule has 124 valence electrons. The van der Waals surface area contributed by atoms with Gasteiger partial charge in [0.15, 0.2) is 5.60 Å². The third-order valence-electron chi connectivity index (χ3n) is 4.33. The van der Waals surface area contributed by atoms with Crippen LogP contribution in [-0.2, 0) is 6.42 Å². The van der Waals surface area contributed by atoms with Crippen LogP contribution in [0, 0.1) is 0 Å². The molecule has 1 fully saturated rings. The Kier molecular flexibility index (Phi) is 5.53. The second kappa shape index (κ2) is 6.86. The van der Waals surface area contributed by atoms with E-state index in [4.69, 9.17) is 5.73 Å². The van der Waals surface area contributed by atoms with E-state index in [1.807, 2.05) is 29.2 Å². The van der Waals surface area contributed by atoms with Crippen LogP contribution in [0.25, 0.3) is 0 Å². The third-order valence-corrected chi connectivity index (χ3v) is 4.85. The Labute approximate surface area is 136 Å². The van der Waals surface area contributed by atoms with Crippen LogP contribution < -0.4 is 5.73 Å². The Morgan fingerprint density at radius 1 is 1.23 bits per heavy atom. The summed E-state index contributed by atoms with van der Waals surface area (Å²) in [5, 5.41) is 9.71. The van der Waals surface area contributed by atoms with Crippen molar-refractivity contribution in [1.29, 1.82) is 0 Å². The molecule has 1 atom stereocenters. The zero-order valence-corrected chi connectivity index (χ0v) is 13.7. The standard InChI is InChI=1S/C15H20BrF3N2O/c16-12-3-1-11(2-4-12)9-13(10-20)21-7-5-14(22,6-8-21)15(17,18)19/h1-4,13,22H,5-10,20H2. The van der Waals surface area contributed by atoms with Crippen molar-refractivity contribution < 1.29 is 18.3 Å². The first kappa shape index (κ1) is 17.7. The maximum Gasteiger partial charge on any atom is 0.417 e. The number of rotatable bonds is 4. The van der Waals surface area contributed by atoms with Gasteiger partial charge in [-0.25, -0.2) is 0 Å². The molecular formula is C15H20BrF3N2O. The number of hydrogen-bond donors (Lipinski definition) is 2. The van der Waals surface area contributed by atoms with E-state index >= 15 is 0 Å². The average molecular weight is 381 g/mol. The van der Waals surface area contributed by atoms with E-state index in [2.05, 4.69) is 15.9 Å². The maximum atomic E-state index is 12.8. The number of piperidine rings is 1. The normalized spacial score (nSPS) is 20.8. The molecule has 0 radical (unpaired) electrons. The van der Waals surface area contributed by atoms with Gasteiger partial charge in [-0.05, 0) is 37.0 Å². The van der Waals surface area contributed by atoms with E-state index in [-0.39, 0.29) is 32.0 Å². The minimum Gasteiger partial charge on any atom is -0.380 e. The Balaban J connectivity index is 1.97. The molecule has 22 heavy (non-hydrogen) atoms. The van der Waals surface area contributed by atoms with Crippen molar-refractivity contribution in [2.24, 2.45) is 5.73 Å². The van der Waals surface area contributed by atoms with Gasteiger partial charge in [-0.2, -0.15) is 13.2 Å². The highest BCUT2D eigenvalue weighted by molar-refractivity contribution is 9.10. The van der Waals surface area contributed by atoms with E-state index in [0.29, 0.717) is 13.0 Å². The third kappa shape index (κ3) is 4.01. The molecule has 0 amide bonds. The van der Waals surface area contributed by atoms with Crippen LogP contribution in [0.5, 0.6) is 0 Å². The van der Waals surface area contributed by atoms with Crippen LogP contribution in [0.15, 0.2) is 28.7 Å². The van der Waals surface area contributed by atoms with E-state index in [1.165, 1.54) is 0 Å². The van der Waals surface area contributed by atoms with Crippen LogP contribution in [0.4, 0.5) is 13.2 Å². The van der Waals surface area contributed by atoms with Gasteiger partial charge >= 0.3 is 6.18 Å². The maximum absolute atomic E-state index is 12.8. The number of nitrogens with zero attached hydrogens (tertiary/aromatic N) is 1. The largest absolute Gasteiger partial charge is 0.417 e. The lowest BCUT2D eigenvalue weighted by Crippen LogP contribution is -2.56. The fourth-order valence-corrected chi connectivity index (χ4v) is 3.06. The van der Waals surface area contributed by atoms with Crippen LogP contribution >= 0.6 is 15.9 Å². The molecule has 1 aromatic rings. The number of aliphatic hydroxyl groups is 1.